The molecule has 0 radical (unpaired) electrons. The van der Waals surface area contributed by atoms with E-state index < -0.39 is 4.92 Å². The van der Waals surface area contributed by atoms with Crippen molar-refractivity contribution in [1.29, 1.82) is 0 Å². The summed E-state index contributed by atoms with van der Waals surface area (Å²) in [5.74, 6) is 0.381. The molecule has 0 aliphatic carbocycles. The van der Waals surface area contributed by atoms with Gasteiger partial charge in [-0.1, -0.05) is 18.2 Å². The van der Waals surface area contributed by atoms with Gasteiger partial charge >= 0.3 is 0 Å². The van der Waals surface area contributed by atoms with Crippen LogP contribution in [0.5, 0.6) is 11.5 Å². The first-order valence-corrected chi connectivity index (χ1v) is 10.3. The Hall–Kier alpha value is -4.11. The maximum atomic E-state index is 13.2. The summed E-state index contributed by atoms with van der Waals surface area (Å²) in [6, 6.07) is 15.1. The molecule has 3 N–H and O–H groups in total. The van der Waals surface area contributed by atoms with Gasteiger partial charge in [0, 0.05) is 36.1 Å². The predicted molar refractivity (Wildman–Crippen MR) is 123 cm³/mol. The van der Waals surface area contributed by atoms with Gasteiger partial charge < -0.3 is 25.2 Å². The molecule has 1 aliphatic heterocycles. The van der Waals surface area contributed by atoms with E-state index in [9.17, 15) is 20.0 Å². The van der Waals surface area contributed by atoms with Crippen molar-refractivity contribution in [3.05, 3.63) is 87.0 Å². The fourth-order valence-electron chi connectivity index (χ4n) is 3.91. The van der Waals surface area contributed by atoms with Crippen LogP contribution in [0.3, 0.4) is 0 Å². The minimum Gasteiger partial charge on any atom is -0.493 e. The lowest BCUT2D eigenvalue weighted by Crippen LogP contribution is -2.29. The monoisotopic (exact) mass is 449 g/mol. The van der Waals surface area contributed by atoms with Crippen molar-refractivity contribution >= 4 is 23.0 Å². The number of anilines is 2. The number of nitrogen functional groups attached to an aromatic ring is 1. The molecule has 0 atom stereocenters. The molecule has 170 valence electrons. The summed E-state index contributed by atoms with van der Waals surface area (Å²) in [6.07, 6.45) is 0.777. The molecule has 1 heterocycles. The normalized spacial score (nSPS) is 12.4. The highest BCUT2D eigenvalue weighted by atomic mass is 16.6. The molecule has 3 aromatic carbocycles. The number of nitro groups is 1. The number of ether oxygens (including phenoxy) is 2. The van der Waals surface area contributed by atoms with E-state index in [1.807, 2.05) is 24.3 Å². The second kappa shape index (κ2) is 9.17. The molecule has 1 aliphatic rings. The van der Waals surface area contributed by atoms with Crippen LogP contribution in [0.1, 0.15) is 27.0 Å². The van der Waals surface area contributed by atoms with Crippen molar-refractivity contribution in [1.82, 2.24) is 0 Å². The first-order chi connectivity index (χ1) is 15.9. The first kappa shape index (κ1) is 22.1. The van der Waals surface area contributed by atoms with Crippen LogP contribution in [0.15, 0.2) is 54.6 Å². The topological polar surface area (TPSA) is 128 Å². The van der Waals surface area contributed by atoms with Crippen LogP contribution in [0, 0.1) is 10.1 Å². The zero-order valence-corrected chi connectivity index (χ0v) is 18.0. The number of carbonyl (C=O) groups excluding carboxylic acids is 1. The van der Waals surface area contributed by atoms with E-state index in [-0.39, 0.29) is 30.5 Å². The highest BCUT2D eigenvalue weighted by Gasteiger charge is 2.27. The van der Waals surface area contributed by atoms with E-state index in [1.165, 1.54) is 25.3 Å². The quantitative estimate of drug-likeness (QED) is 0.321. The SMILES string of the molecule is COc1cc(C(=O)N2CCc3ccccc32)c(N)cc1OCc1cc(CO)cc([N+](=O)[O-])c1. The van der Waals surface area contributed by atoms with Crippen molar-refractivity contribution in [2.75, 3.05) is 24.3 Å². The number of nitrogens with two attached hydrogens (primary N) is 1. The average molecular weight is 449 g/mol. The molecule has 1 amide bonds. The van der Waals surface area contributed by atoms with Crippen LogP contribution in [0.25, 0.3) is 0 Å². The fourth-order valence-corrected chi connectivity index (χ4v) is 3.91. The van der Waals surface area contributed by atoms with Crippen molar-refractivity contribution in [2.45, 2.75) is 19.6 Å². The first-order valence-electron chi connectivity index (χ1n) is 10.3. The molecule has 0 fully saturated rings. The van der Waals surface area contributed by atoms with Gasteiger partial charge in [-0.25, -0.2) is 0 Å². The predicted octanol–water partition coefficient (Wildman–Crippen LogP) is 3.46. The van der Waals surface area contributed by atoms with Gasteiger partial charge in [0.1, 0.15) is 6.61 Å². The number of methoxy groups -OCH3 is 1. The third-order valence-electron chi connectivity index (χ3n) is 5.52. The zero-order chi connectivity index (χ0) is 23.5. The van der Waals surface area contributed by atoms with Gasteiger partial charge in [0.25, 0.3) is 11.6 Å². The molecule has 3 aromatic rings. The van der Waals surface area contributed by atoms with Crippen molar-refractivity contribution in [3.63, 3.8) is 0 Å². The number of fused-ring (bicyclic) bond motifs is 1. The molecule has 0 unspecified atom stereocenters. The molecule has 0 aromatic heterocycles. The number of amides is 1. The van der Waals surface area contributed by atoms with E-state index in [0.29, 0.717) is 34.7 Å². The molecule has 0 bridgehead atoms. The number of non-ortho nitro benzene ring substituents is 1. The zero-order valence-electron chi connectivity index (χ0n) is 18.0. The lowest BCUT2D eigenvalue weighted by atomic mass is 10.1. The number of aliphatic hydroxyl groups is 1. The molecular weight excluding hydrogens is 426 g/mol. The van der Waals surface area contributed by atoms with Crippen LogP contribution in [-0.4, -0.2) is 29.6 Å². The van der Waals surface area contributed by atoms with E-state index in [4.69, 9.17) is 15.2 Å². The summed E-state index contributed by atoms with van der Waals surface area (Å²) in [7, 11) is 1.45. The Labute approximate surface area is 190 Å². The highest BCUT2D eigenvalue weighted by Crippen LogP contribution is 2.36. The van der Waals surface area contributed by atoms with Crippen LogP contribution in [-0.2, 0) is 19.6 Å². The molecule has 0 saturated carbocycles. The summed E-state index contributed by atoms with van der Waals surface area (Å²) in [5.41, 5.74) is 9.48. The van der Waals surface area contributed by atoms with Gasteiger partial charge in [-0.3, -0.25) is 14.9 Å². The van der Waals surface area contributed by atoms with Crippen LogP contribution in [0.2, 0.25) is 0 Å². The second-order valence-corrected chi connectivity index (χ2v) is 7.64. The summed E-state index contributed by atoms with van der Waals surface area (Å²) < 4.78 is 11.2. The maximum Gasteiger partial charge on any atom is 0.270 e. The lowest BCUT2D eigenvalue weighted by molar-refractivity contribution is -0.385. The molecule has 33 heavy (non-hydrogen) atoms. The van der Waals surface area contributed by atoms with Crippen molar-refractivity contribution in [2.24, 2.45) is 0 Å². The van der Waals surface area contributed by atoms with Gasteiger partial charge in [0.05, 0.1) is 24.2 Å². The van der Waals surface area contributed by atoms with Gasteiger partial charge in [0.15, 0.2) is 11.5 Å². The Balaban J connectivity index is 1.58. The Kier molecular flexibility index (Phi) is 6.14. The van der Waals surface area contributed by atoms with E-state index in [0.717, 1.165) is 17.7 Å². The van der Waals surface area contributed by atoms with E-state index in [1.54, 1.807) is 17.0 Å². The fraction of sp³-hybridized carbons (Fsp3) is 0.208. The average Bonchev–Trinajstić information content (AvgIpc) is 3.26. The molecule has 0 saturated heterocycles. The smallest absolute Gasteiger partial charge is 0.270 e. The number of para-hydroxylation sites is 1. The number of hydrogen-bond acceptors (Lipinski definition) is 7. The minimum absolute atomic E-state index is 0.0166. The number of aliphatic hydroxyl groups excluding tert-OH is 1. The number of carbonyl (C=O) groups is 1. The third-order valence-corrected chi connectivity index (χ3v) is 5.52. The number of nitrogens with zero attached hydrogens (tertiary/aromatic N) is 2. The highest BCUT2D eigenvalue weighted by molar-refractivity contribution is 6.10. The van der Waals surface area contributed by atoms with E-state index >= 15 is 0 Å². The number of nitro benzene ring substituents is 1. The number of benzene rings is 3. The molecule has 9 heteroatoms. The molecule has 0 spiro atoms. The number of rotatable bonds is 7. The van der Waals surface area contributed by atoms with Gasteiger partial charge in [-0.05, 0) is 41.3 Å². The van der Waals surface area contributed by atoms with Crippen LogP contribution in [0.4, 0.5) is 17.1 Å². The molecular formula is C24H23N3O6. The molecule has 9 nitrogen and oxygen atoms in total. The number of hydrogen-bond donors (Lipinski definition) is 2. The summed E-state index contributed by atoms with van der Waals surface area (Å²) in [4.78, 5) is 25.5. The summed E-state index contributed by atoms with van der Waals surface area (Å²) >= 11 is 0. The summed E-state index contributed by atoms with van der Waals surface area (Å²) in [5, 5.41) is 20.5. The minimum atomic E-state index is -0.530. The van der Waals surface area contributed by atoms with Crippen molar-refractivity contribution < 1.29 is 24.3 Å². The Morgan fingerprint density at radius 2 is 1.91 bits per heavy atom. The van der Waals surface area contributed by atoms with Crippen LogP contribution < -0.4 is 20.1 Å². The second-order valence-electron chi connectivity index (χ2n) is 7.64. The van der Waals surface area contributed by atoms with Gasteiger partial charge in [-0.15, -0.1) is 0 Å². The van der Waals surface area contributed by atoms with Crippen LogP contribution >= 0.6 is 0 Å². The Morgan fingerprint density at radius 1 is 1.15 bits per heavy atom. The Morgan fingerprint density at radius 3 is 2.64 bits per heavy atom. The lowest BCUT2D eigenvalue weighted by Gasteiger charge is -2.20. The summed E-state index contributed by atoms with van der Waals surface area (Å²) in [6.45, 7) is 0.219. The van der Waals surface area contributed by atoms with E-state index in [2.05, 4.69) is 0 Å². The molecule has 4 rings (SSSR count). The maximum absolute atomic E-state index is 13.2. The Bertz CT molecular complexity index is 1230. The standard InChI is InChI=1S/C24H23N3O6/c1-32-22-11-19(24(29)26-7-6-17-4-2-3-5-21(17)26)20(25)12-23(22)33-14-16-8-15(13-28)9-18(10-16)27(30)31/h2-5,8-12,28H,6-7,13-14,25H2,1H3. The van der Waals surface area contributed by atoms with Gasteiger partial charge in [-0.2, -0.15) is 0 Å². The third kappa shape index (κ3) is 4.44. The van der Waals surface area contributed by atoms with Crippen molar-refractivity contribution in [3.8, 4) is 11.5 Å². The largest absolute Gasteiger partial charge is 0.493 e. The van der Waals surface area contributed by atoms with Gasteiger partial charge in [0.2, 0.25) is 0 Å².